The predicted molar refractivity (Wildman–Crippen MR) is 82.9 cm³/mol. The third-order valence-corrected chi connectivity index (χ3v) is 4.45. The zero-order valence-electron chi connectivity index (χ0n) is 12.3. The molecule has 2 aromatic rings. The molecule has 2 heterocycles. The van der Waals surface area contributed by atoms with Crippen molar-refractivity contribution in [2.45, 2.75) is 19.8 Å². The molecule has 106 valence electrons. The highest BCUT2D eigenvalue weighted by molar-refractivity contribution is 5.90. The van der Waals surface area contributed by atoms with Gasteiger partial charge in [0.2, 0.25) is 0 Å². The minimum absolute atomic E-state index is 0.372. The van der Waals surface area contributed by atoms with Gasteiger partial charge in [-0.15, -0.1) is 0 Å². The van der Waals surface area contributed by atoms with Crippen LogP contribution in [0.5, 0.6) is 0 Å². The second kappa shape index (κ2) is 5.37. The van der Waals surface area contributed by atoms with E-state index in [1.54, 1.807) is 0 Å². The molecule has 0 radical (unpaired) electrons. The van der Waals surface area contributed by atoms with Crippen LogP contribution in [-0.4, -0.2) is 41.8 Å². The lowest BCUT2D eigenvalue weighted by molar-refractivity contribution is 0.150. The normalized spacial score (nSPS) is 19.1. The van der Waals surface area contributed by atoms with Gasteiger partial charge in [-0.05, 0) is 44.5 Å². The number of nitrogens with zero attached hydrogens (tertiary/aromatic N) is 3. The van der Waals surface area contributed by atoms with Crippen LogP contribution in [0.1, 0.15) is 19.8 Å². The average Bonchev–Trinajstić information content (AvgIpc) is 2.49. The molecule has 1 fully saturated rings. The maximum Gasteiger partial charge on any atom is 0.0950 e. The fourth-order valence-corrected chi connectivity index (χ4v) is 2.79. The Labute approximate surface area is 120 Å². The summed E-state index contributed by atoms with van der Waals surface area (Å²) in [7, 11) is 2.20. The molecule has 20 heavy (non-hydrogen) atoms. The van der Waals surface area contributed by atoms with E-state index in [0.717, 1.165) is 23.1 Å². The molecule has 0 saturated carbocycles. The highest BCUT2D eigenvalue weighted by Gasteiger charge is 2.28. The second-order valence-corrected chi connectivity index (χ2v) is 6.24. The van der Waals surface area contributed by atoms with Crippen molar-refractivity contribution in [1.82, 2.24) is 15.1 Å². The Kier molecular flexibility index (Phi) is 3.57. The first-order valence-corrected chi connectivity index (χ1v) is 7.29. The van der Waals surface area contributed by atoms with Crippen LogP contribution in [0.2, 0.25) is 0 Å². The summed E-state index contributed by atoms with van der Waals surface area (Å²) in [4.78, 5) is 2.41. The van der Waals surface area contributed by atoms with Crippen LogP contribution in [0.15, 0.2) is 30.5 Å². The zero-order valence-corrected chi connectivity index (χ0v) is 12.3. The molecular formula is C16H22N4. The summed E-state index contributed by atoms with van der Waals surface area (Å²) in [5.74, 6) is 0. The Morgan fingerprint density at radius 3 is 2.80 bits per heavy atom. The maximum absolute atomic E-state index is 4.17. The van der Waals surface area contributed by atoms with Crippen molar-refractivity contribution >= 4 is 16.6 Å². The van der Waals surface area contributed by atoms with Crippen molar-refractivity contribution in [2.24, 2.45) is 5.41 Å². The summed E-state index contributed by atoms with van der Waals surface area (Å²) >= 11 is 0. The van der Waals surface area contributed by atoms with E-state index in [1.165, 1.54) is 25.9 Å². The molecule has 1 aromatic heterocycles. The molecule has 0 unspecified atom stereocenters. The van der Waals surface area contributed by atoms with E-state index in [4.69, 9.17) is 0 Å². The molecular weight excluding hydrogens is 248 g/mol. The number of aromatic nitrogens is 2. The standard InChI is InChI=1S/C16H22N4/c1-16(7-9-20(2)10-8-16)12-17-15-11-18-19-14-6-4-3-5-13(14)15/h3-6,11H,7-10,12H2,1-2H3,(H,17,19). The minimum Gasteiger partial charge on any atom is -0.383 e. The molecule has 1 saturated heterocycles. The van der Waals surface area contributed by atoms with Crippen molar-refractivity contribution in [1.29, 1.82) is 0 Å². The molecule has 0 aliphatic carbocycles. The number of fused-ring (bicyclic) bond motifs is 1. The van der Waals surface area contributed by atoms with Crippen molar-refractivity contribution in [2.75, 3.05) is 32.0 Å². The number of benzene rings is 1. The van der Waals surface area contributed by atoms with Crippen LogP contribution >= 0.6 is 0 Å². The van der Waals surface area contributed by atoms with Gasteiger partial charge in [-0.2, -0.15) is 10.2 Å². The molecule has 3 rings (SSSR count). The van der Waals surface area contributed by atoms with Crippen LogP contribution in [0.3, 0.4) is 0 Å². The Hall–Kier alpha value is -1.68. The van der Waals surface area contributed by atoms with Gasteiger partial charge in [-0.1, -0.05) is 25.1 Å². The highest BCUT2D eigenvalue weighted by Crippen LogP contribution is 2.31. The molecule has 1 aromatic carbocycles. The Bertz CT molecular complexity index is 583. The van der Waals surface area contributed by atoms with Gasteiger partial charge in [0.15, 0.2) is 0 Å². The largest absolute Gasteiger partial charge is 0.383 e. The highest BCUT2D eigenvalue weighted by atomic mass is 15.1. The molecule has 1 aliphatic heterocycles. The van der Waals surface area contributed by atoms with E-state index in [-0.39, 0.29) is 0 Å². The lowest BCUT2D eigenvalue weighted by atomic mass is 9.80. The number of rotatable bonds is 3. The molecule has 1 aliphatic rings. The number of hydrogen-bond donors (Lipinski definition) is 1. The number of hydrogen-bond acceptors (Lipinski definition) is 4. The van der Waals surface area contributed by atoms with Gasteiger partial charge in [0.1, 0.15) is 0 Å². The molecule has 0 spiro atoms. The van der Waals surface area contributed by atoms with Crippen molar-refractivity contribution < 1.29 is 0 Å². The third-order valence-electron chi connectivity index (χ3n) is 4.45. The summed E-state index contributed by atoms with van der Waals surface area (Å²) in [5, 5.41) is 13.0. The molecule has 4 heteroatoms. The predicted octanol–water partition coefficient (Wildman–Crippen LogP) is 2.77. The monoisotopic (exact) mass is 270 g/mol. The summed E-state index contributed by atoms with van der Waals surface area (Å²) in [6.07, 6.45) is 4.32. The third kappa shape index (κ3) is 2.75. The first kappa shape index (κ1) is 13.3. The SMILES string of the molecule is CN1CCC(C)(CNc2cnnc3ccccc23)CC1. The number of piperidine rings is 1. The average molecular weight is 270 g/mol. The fourth-order valence-electron chi connectivity index (χ4n) is 2.79. The van der Waals surface area contributed by atoms with Gasteiger partial charge in [0, 0.05) is 11.9 Å². The quantitative estimate of drug-likeness (QED) is 0.931. The van der Waals surface area contributed by atoms with Crippen LogP contribution in [0.4, 0.5) is 5.69 Å². The summed E-state index contributed by atoms with van der Waals surface area (Å²) in [6, 6.07) is 8.15. The lowest BCUT2D eigenvalue weighted by Gasteiger charge is -2.38. The smallest absolute Gasteiger partial charge is 0.0950 e. The maximum atomic E-state index is 4.17. The van der Waals surface area contributed by atoms with E-state index in [1.807, 2.05) is 24.4 Å². The molecule has 1 N–H and O–H groups in total. The first-order valence-electron chi connectivity index (χ1n) is 7.29. The van der Waals surface area contributed by atoms with Gasteiger partial charge in [0.25, 0.3) is 0 Å². The molecule has 0 atom stereocenters. The first-order chi connectivity index (χ1) is 9.66. The van der Waals surface area contributed by atoms with Gasteiger partial charge in [-0.3, -0.25) is 0 Å². The fraction of sp³-hybridized carbons (Fsp3) is 0.500. The van der Waals surface area contributed by atoms with Crippen LogP contribution in [0, 0.1) is 5.41 Å². The lowest BCUT2D eigenvalue weighted by Crippen LogP contribution is -2.40. The zero-order chi connectivity index (χ0) is 14.0. The number of anilines is 1. The van der Waals surface area contributed by atoms with E-state index >= 15 is 0 Å². The Balaban J connectivity index is 1.74. The number of likely N-dealkylation sites (tertiary alicyclic amines) is 1. The minimum atomic E-state index is 0.372. The van der Waals surface area contributed by atoms with Crippen molar-refractivity contribution in [3.05, 3.63) is 30.5 Å². The van der Waals surface area contributed by atoms with Gasteiger partial charge in [-0.25, -0.2) is 0 Å². The topological polar surface area (TPSA) is 41.0 Å². The Morgan fingerprint density at radius 2 is 2.00 bits per heavy atom. The van der Waals surface area contributed by atoms with Crippen molar-refractivity contribution in [3.63, 3.8) is 0 Å². The van der Waals surface area contributed by atoms with Gasteiger partial charge in [0.05, 0.1) is 17.4 Å². The van der Waals surface area contributed by atoms with Gasteiger partial charge >= 0.3 is 0 Å². The molecule has 4 nitrogen and oxygen atoms in total. The van der Waals surface area contributed by atoms with Crippen LogP contribution in [0.25, 0.3) is 10.9 Å². The van der Waals surface area contributed by atoms with E-state index in [9.17, 15) is 0 Å². The molecule has 0 bridgehead atoms. The van der Waals surface area contributed by atoms with Gasteiger partial charge < -0.3 is 10.2 Å². The second-order valence-electron chi connectivity index (χ2n) is 6.24. The summed E-state index contributed by atoms with van der Waals surface area (Å²) in [6.45, 7) is 5.75. The van der Waals surface area contributed by atoms with E-state index in [0.29, 0.717) is 5.41 Å². The van der Waals surface area contributed by atoms with Crippen LogP contribution < -0.4 is 5.32 Å². The molecule has 0 amide bonds. The van der Waals surface area contributed by atoms with E-state index < -0.39 is 0 Å². The number of nitrogens with one attached hydrogen (secondary N) is 1. The summed E-state index contributed by atoms with van der Waals surface area (Å²) < 4.78 is 0. The van der Waals surface area contributed by atoms with Crippen LogP contribution in [-0.2, 0) is 0 Å². The summed E-state index contributed by atoms with van der Waals surface area (Å²) in [5.41, 5.74) is 2.42. The van der Waals surface area contributed by atoms with Crippen molar-refractivity contribution in [3.8, 4) is 0 Å². The van der Waals surface area contributed by atoms with E-state index in [2.05, 4.69) is 40.5 Å². The Morgan fingerprint density at radius 1 is 1.25 bits per heavy atom.